The molecule has 0 saturated heterocycles. The largest absolute Gasteiger partial charge is 0.487 e. The fourth-order valence-electron chi connectivity index (χ4n) is 3.60. The molecule has 1 aromatic carbocycles. The number of aliphatic hydroxyl groups is 1. The SMILES string of the molecule is Cc1cc(CN[C@@H]2CCCC[C@H]2O)cc(C)c1OCc1ccccn1. The van der Waals surface area contributed by atoms with Crippen molar-refractivity contribution < 1.29 is 9.84 Å². The van der Waals surface area contributed by atoms with Crippen LogP contribution in [0, 0.1) is 13.8 Å². The van der Waals surface area contributed by atoms with Crippen LogP contribution in [-0.4, -0.2) is 22.2 Å². The van der Waals surface area contributed by atoms with E-state index in [9.17, 15) is 5.11 Å². The minimum Gasteiger partial charge on any atom is -0.487 e. The van der Waals surface area contributed by atoms with Gasteiger partial charge in [-0.15, -0.1) is 0 Å². The van der Waals surface area contributed by atoms with Crippen molar-refractivity contribution in [2.75, 3.05) is 0 Å². The van der Waals surface area contributed by atoms with Crippen molar-refractivity contribution in [3.05, 3.63) is 58.9 Å². The monoisotopic (exact) mass is 340 g/mol. The van der Waals surface area contributed by atoms with E-state index in [0.29, 0.717) is 6.61 Å². The van der Waals surface area contributed by atoms with Gasteiger partial charge in [0, 0.05) is 18.8 Å². The summed E-state index contributed by atoms with van der Waals surface area (Å²) in [5, 5.41) is 13.6. The van der Waals surface area contributed by atoms with E-state index in [4.69, 9.17) is 4.74 Å². The highest BCUT2D eigenvalue weighted by Crippen LogP contribution is 2.26. The first-order valence-corrected chi connectivity index (χ1v) is 9.18. The Balaban J connectivity index is 1.61. The number of benzene rings is 1. The summed E-state index contributed by atoms with van der Waals surface area (Å²) in [5.41, 5.74) is 4.44. The molecule has 3 rings (SSSR count). The summed E-state index contributed by atoms with van der Waals surface area (Å²) in [4.78, 5) is 4.30. The number of nitrogens with one attached hydrogen (secondary N) is 1. The van der Waals surface area contributed by atoms with E-state index in [1.165, 1.54) is 12.0 Å². The Morgan fingerprint density at radius 2 is 1.92 bits per heavy atom. The van der Waals surface area contributed by atoms with E-state index in [-0.39, 0.29) is 12.1 Å². The molecule has 4 heteroatoms. The molecular formula is C21H28N2O2. The number of aromatic nitrogens is 1. The molecular weight excluding hydrogens is 312 g/mol. The van der Waals surface area contributed by atoms with Crippen LogP contribution in [0.15, 0.2) is 36.5 Å². The molecule has 2 N–H and O–H groups in total. The van der Waals surface area contributed by atoms with Crippen LogP contribution in [0.3, 0.4) is 0 Å². The first-order chi connectivity index (χ1) is 12.1. The van der Waals surface area contributed by atoms with E-state index in [2.05, 4.69) is 36.3 Å². The van der Waals surface area contributed by atoms with Gasteiger partial charge in [-0.05, 0) is 55.5 Å². The summed E-state index contributed by atoms with van der Waals surface area (Å²) >= 11 is 0. The van der Waals surface area contributed by atoms with Crippen LogP contribution < -0.4 is 10.1 Å². The predicted octanol–water partition coefficient (Wildman–Crippen LogP) is 3.67. The van der Waals surface area contributed by atoms with Crippen molar-refractivity contribution in [2.45, 2.75) is 64.8 Å². The third-order valence-corrected chi connectivity index (χ3v) is 4.91. The number of aliphatic hydroxyl groups excluding tert-OH is 1. The third-order valence-electron chi connectivity index (χ3n) is 4.91. The second-order valence-corrected chi connectivity index (χ2v) is 7.01. The first-order valence-electron chi connectivity index (χ1n) is 9.18. The highest BCUT2D eigenvalue weighted by atomic mass is 16.5. The first kappa shape index (κ1) is 17.9. The molecule has 2 atom stereocenters. The lowest BCUT2D eigenvalue weighted by Crippen LogP contribution is -2.41. The molecule has 0 radical (unpaired) electrons. The highest BCUT2D eigenvalue weighted by Gasteiger charge is 2.22. The zero-order valence-corrected chi connectivity index (χ0v) is 15.2. The normalized spacial score (nSPS) is 20.4. The van der Waals surface area contributed by atoms with E-state index in [1.54, 1.807) is 6.20 Å². The number of hydrogen-bond acceptors (Lipinski definition) is 4. The number of ether oxygens (including phenoxy) is 1. The van der Waals surface area contributed by atoms with E-state index in [0.717, 1.165) is 48.4 Å². The topological polar surface area (TPSA) is 54.4 Å². The van der Waals surface area contributed by atoms with Gasteiger partial charge < -0.3 is 15.2 Å². The van der Waals surface area contributed by atoms with Crippen molar-refractivity contribution in [3.8, 4) is 5.75 Å². The molecule has 1 aliphatic carbocycles. The smallest absolute Gasteiger partial charge is 0.130 e. The maximum Gasteiger partial charge on any atom is 0.130 e. The summed E-state index contributed by atoms with van der Waals surface area (Å²) in [7, 11) is 0. The van der Waals surface area contributed by atoms with Crippen LogP contribution >= 0.6 is 0 Å². The molecule has 25 heavy (non-hydrogen) atoms. The van der Waals surface area contributed by atoms with Crippen LogP contribution in [-0.2, 0) is 13.2 Å². The Morgan fingerprint density at radius 1 is 1.16 bits per heavy atom. The van der Waals surface area contributed by atoms with Gasteiger partial charge in [0.05, 0.1) is 11.8 Å². The Kier molecular flexibility index (Phi) is 6.05. The number of hydrogen-bond donors (Lipinski definition) is 2. The fraction of sp³-hybridized carbons (Fsp3) is 0.476. The zero-order chi connectivity index (χ0) is 17.6. The van der Waals surface area contributed by atoms with E-state index < -0.39 is 0 Å². The van der Waals surface area contributed by atoms with Crippen molar-refractivity contribution in [1.82, 2.24) is 10.3 Å². The number of rotatable bonds is 6. The van der Waals surface area contributed by atoms with Crippen LogP contribution in [0.5, 0.6) is 5.75 Å². The lowest BCUT2D eigenvalue weighted by molar-refractivity contribution is 0.0902. The summed E-state index contributed by atoms with van der Waals surface area (Å²) < 4.78 is 6.00. The fourth-order valence-corrected chi connectivity index (χ4v) is 3.60. The molecule has 1 fully saturated rings. The van der Waals surface area contributed by atoms with Crippen LogP contribution in [0.1, 0.15) is 48.1 Å². The Morgan fingerprint density at radius 3 is 2.60 bits per heavy atom. The van der Waals surface area contributed by atoms with Crippen LogP contribution in [0.2, 0.25) is 0 Å². The number of pyridine rings is 1. The molecule has 134 valence electrons. The van der Waals surface area contributed by atoms with Crippen LogP contribution in [0.4, 0.5) is 0 Å². The average Bonchev–Trinajstić information content (AvgIpc) is 2.61. The molecule has 0 aliphatic heterocycles. The predicted molar refractivity (Wildman–Crippen MR) is 99.6 cm³/mol. The summed E-state index contributed by atoms with van der Waals surface area (Å²) in [6.45, 7) is 5.43. The average molecular weight is 340 g/mol. The van der Waals surface area contributed by atoms with E-state index >= 15 is 0 Å². The van der Waals surface area contributed by atoms with Crippen molar-refractivity contribution >= 4 is 0 Å². The van der Waals surface area contributed by atoms with Crippen molar-refractivity contribution in [1.29, 1.82) is 0 Å². The number of aryl methyl sites for hydroxylation is 2. The second kappa shape index (κ2) is 8.45. The van der Waals surface area contributed by atoms with Crippen molar-refractivity contribution in [2.24, 2.45) is 0 Å². The lowest BCUT2D eigenvalue weighted by Gasteiger charge is -2.28. The molecule has 0 spiro atoms. The summed E-state index contributed by atoms with van der Waals surface area (Å²) in [5.74, 6) is 0.937. The van der Waals surface area contributed by atoms with Gasteiger partial charge in [-0.3, -0.25) is 4.98 Å². The molecule has 0 bridgehead atoms. The van der Waals surface area contributed by atoms with Gasteiger partial charge in [-0.2, -0.15) is 0 Å². The minimum atomic E-state index is -0.211. The molecule has 4 nitrogen and oxygen atoms in total. The highest BCUT2D eigenvalue weighted by molar-refractivity contribution is 5.43. The van der Waals surface area contributed by atoms with Gasteiger partial charge in [0.25, 0.3) is 0 Å². The van der Waals surface area contributed by atoms with Gasteiger partial charge in [-0.1, -0.05) is 31.0 Å². The summed E-state index contributed by atoms with van der Waals surface area (Å²) in [6, 6.07) is 10.4. The van der Waals surface area contributed by atoms with Gasteiger partial charge in [0.2, 0.25) is 0 Å². The van der Waals surface area contributed by atoms with Gasteiger partial charge in [-0.25, -0.2) is 0 Å². The third kappa shape index (κ3) is 4.80. The Bertz CT molecular complexity index is 665. The molecule has 1 aliphatic rings. The van der Waals surface area contributed by atoms with Crippen LogP contribution in [0.25, 0.3) is 0 Å². The standard InChI is InChI=1S/C21H28N2O2/c1-15-11-17(13-23-19-8-3-4-9-20(19)24)12-16(2)21(15)25-14-18-7-5-6-10-22-18/h5-7,10-12,19-20,23-24H,3-4,8-9,13-14H2,1-2H3/t19-,20-/m1/s1. The molecule has 1 saturated carbocycles. The molecule has 2 aromatic rings. The molecule has 0 unspecified atom stereocenters. The number of nitrogens with zero attached hydrogens (tertiary/aromatic N) is 1. The summed E-state index contributed by atoms with van der Waals surface area (Å²) in [6.07, 6.45) is 5.89. The molecule has 1 aromatic heterocycles. The minimum absolute atomic E-state index is 0.211. The van der Waals surface area contributed by atoms with Gasteiger partial charge in [0.1, 0.15) is 12.4 Å². The zero-order valence-electron chi connectivity index (χ0n) is 15.2. The Hall–Kier alpha value is -1.91. The molecule has 1 heterocycles. The van der Waals surface area contributed by atoms with E-state index in [1.807, 2.05) is 18.2 Å². The molecule has 0 amide bonds. The second-order valence-electron chi connectivity index (χ2n) is 7.01. The maximum absolute atomic E-state index is 10.1. The quantitative estimate of drug-likeness (QED) is 0.842. The lowest BCUT2D eigenvalue weighted by atomic mass is 9.92. The maximum atomic E-state index is 10.1. The van der Waals surface area contributed by atoms with Gasteiger partial charge in [0.15, 0.2) is 0 Å². The van der Waals surface area contributed by atoms with Gasteiger partial charge >= 0.3 is 0 Å². The Labute approximate surface area is 150 Å². The van der Waals surface area contributed by atoms with Crippen molar-refractivity contribution in [3.63, 3.8) is 0 Å².